The van der Waals surface area contributed by atoms with Gasteiger partial charge in [-0.15, -0.1) is 0 Å². The van der Waals surface area contributed by atoms with Gasteiger partial charge in [0.25, 0.3) is 0 Å². The number of carbonyl (C=O) groups excluding carboxylic acids is 1. The van der Waals surface area contributed by atoms with E-state index in [0.717, 1.165) is 62.8 Å². The number of hydrogen-bond donors (Lipinski definition) is 0. The second-order valence-corrected chi connectivity index (χ2v) is 7.25. The Morgan fingerprint density at radius 3 is 2.63 bits per heavy atom. The smallest absolute Gasteiger partial charge is 0.229 e. The quantitative estimate of drug-likeness (QED) is 0.808. The van der Waals surface area contributed by atoms with Crippen LogP contribution in [0.1, 0.15) is 5.56 Å². The van der Waals surface area contributed by atoms with Gasteiger partial charge in [-0.05, 0) is 30.2 Å². The molecule has 2 aliphatic heterocycles. The highest BCUT2D eigenvalue weighted by molar-refractivity contribution is 5.80. The van der Waals surface area contributed by atoms with Crippen LogP contribution in [-0.4, -0.2) is 66.7 Å². The van der Waals surface area contributed by atoms with E-state index in [-0.39, 0.29) is 11.8 Å². The number of nitrogens with zero attached hydrogens (tertiary/aromatic N) is 3. The average Bonchev–Trinajstić information content (AvgIpc) is 3.25. The summed E-state index contributed by atoms with van der Waals surface area (Å²) in [6.07, 6.45) is 4.91. The maximum atomic E-state index is 13.0. The fraction of sp³-hybridized carbons (Fsp3) is 0.476. The minimum atomic E-state index is -0.101. The zero-order valence-electron chi connectivity index (χ0n) is 15.8. The molecule has 1 saturated heterocycles. The van der Waals surface area contributed by atoms with E-state index in [0.29, 0.717) is 6.61 Å². The molecule has 4 rings (SSSR count). The lowest BCUT2D eigenvalue weighted by molar-refractivity contribution is -0.138. The Morgan fingerprint density at radius 1 is 1.11 bits per heavy atom. The zero-order chi connectivity index (χ0) is 18.6. The summed E-state index contributed by atoms with van der Waals surface area (Å²) in [4.78, 5) is 17.4. The number of amides is 1. The lowest BCUT2D eigenvalue weighted by Crippen LogP contribution is -2.52. The molecule has 1 fully saturated rings. The highest BCUT2D eigenvalue weighted by Crippen LogP contribution is 2.36. The van der Waals surface area contributed by atoms with Crippen LogP contribution in [0.2, 0.25) is 0 Å². The summed E-state index contributed by atoms with van der Waals surface area (Å²) in [5, 5.41) is 0. The first-order chi connectivity index (χ1) is 13.2. The number of para-hydroxylation sites is 1. The molecule has 0 bridgehead atoms. The van der Waals surface area contributed by atoms with Gasteiger partial charge in [0.15, 0.2) is 11.5 Å². The number of methoxy groups -OCH3 is 1. The number of aromatic nitrogens is 1. The van der Waals surface area contributed by atoms with Crippen LogP contribution in [0.15, 0.2) is 42.7 Å². The van der Waals surface area contributed by atoms with Crippen molar-refractivity contribution in [2.24, 2.45) is 5.92 Å². The molecule has 2 aliphatic rings. The predicted molar refractivity (Wildman–Crippen MR) is 103 cm³/mol. The number of fused-ring (bicyclic) bond motifs is 1. The molecule has 1 aromatic heterocycles. The normalized spacial score (nSPS) is 20.0. The highest BCUT2D eigenvalue weighted by Gasteiger charge is 2.32. The van der Waals surface area contributed by atoms with Gasteiger partial charge in [-0.25, -0.2) is 0 Å². The summed E-state index contributed by atoms with van der Waals surface area (Å²) in [7, 11) is 1.64. The van der Waals surface area contributed by atoms with Crippen molar-refractivity contribution < 1.29 is 14.3 Å². The molecule has 0 saturated carbocycles. The third-order valence-corrected chi connectivity index (χ3v) is 5.55. The molecule has 0 spiro atoms. The topological polar surface area (TPSA) is 46.9 Å². The lowest BCUT2D eigenvalue weighted by Gasteiger charge is -2.37. The molecule has 3 heterocycles. The van der Waals surface area contributed by atoms with Crippen LogP contribution in [-0.2, 0) is 17.8 Å². The first kappa shape index (κ1) is 17.9. The van der Waals surface area contributed by atoms with Gasteiger partial charge in [0.05, 0.1) is 13.0 Å². The Bertz CT molecular complexity index is 767. The van der Waals surface area contributed by atoms with Crippen LogP contribution in [0, 0.1) is 5.92 Å². The van der Waals surface area contributed by atoms with E-state index in [2.05, 4.69) is 34.0 Å². The largest absolute Gasteiger partial charge is 0.493 e. The SMILES string of the molecule is COc1cccc2c1OC[C@@H](C(=O)N1CCN(CCn3cccc3)CC1)C2. The Hall–Kier alpha value is -2.47. The fourth-order valence-corrected chi connectivity index (χ4v) is 3.94. The average molecular weight is 369 g/mol. The maximum Gasteiger partial charge on any atom is 0.229 e. The molecule has 6 nitrogen and oxygen atoms in total. The van der Waals surface area contributed by atoms with Gasteiger partial charge in [-0.3, -0.25) is 9.69 Å². The van der Waals surface area contributed by atoms with Gasteiger partial charge >= 0.3 is 0 Å². The van der Waals surface area contributed by atoms with E-state index in [1.807, 2.05) is 23.1 Å². The van der Waals surface area contributed by atoms with E-state index < -0.39 is 0 Å². The van der Waals surface area contributed by atoms with E-state index in [9.17, 15) is 4.79 Å². The molecule has 1 amide bonds. The third kappa shape index (κ3) is 3.95. The fourth-order valence-electron chi connectivity index (χ4n) is 3.94. The van der Waals surface area contributed by atoms with Gasteiger partial charge < -0.3 is 18.9 Å². The van der Waals surface area contributed by atoms with Crippen LogP contribution in [0.5, 0.6) is 11.5 Å². The molecule has 0 radical (unpaired) electrons. The Balaban J connectivity index is 1.29. The van der Waals surface area contributed by atoms with Crippen molar-refractivity contribution in [1.29, 1.82) is 0 Å². The predicted octanol–water partition coefficient (Wildman–Crippen LogP) is 1.89. The van der Waals surface area contributed by atoms with E-state index in [1.165, 1.54) is 0 Å². The van der Waals surface area contributed by atoms with Crippen molar-refractivity contribution in [1.82, 2.24) is 14.4 Å². The van der Waals surface area contributed by atoms with Crippen molar-refractivity contribution in [3.05, 3.63) is 48.3 Å². The van der Waals surface area contributed by atoms with E-state index in [4.69, 9.17) is 9.47 Å². The number of rotatable bonds is 5. The Labute approximate surface area is 160 Å². The summed E-state index contributed by atoms with van der Waals surface area (Å²) in [5.74, 6) is 1.65. The number of hydrogen-bond acceptors (Lipinski definition) is 4. The minimum Gasteiger partial charge on any atom is -0.493 e. The van der Waals surface area contributed by atoms with E-state index in [1.54, 1.807) is 7.11 Å². The van der Waals surface area contributed by atoms with Crippen LogP contribution in [0.25, 0.3) is 0 Å². The van der Waals surface area contributed by atoms with E-state index >= 15 is 0 Å². The first-order valence-corrected chi connectivity index (χ1v) is 9.65. The Kier molecular flexibility index (Phi) is 5.34. The van der Waals surface area contributed by atoms with Crippen LogP contribution in [0.3, 0.4) is 0 Å². The van der Waals surface area contributed by atoms with Crippen molar-refractivity contribution >= 4 is 5.91 Å². The van der Waals surface area contributed by atoms with Gasteiger partial charge in [0.2, 0.25) is 5.91 Å². The van der Waals surface area contributed by atoms with Crippen LogP contribution >= 0.6 is 0 Å². The second-order valence-electron chi connectivity index (χ2n) is 7.25. The summed E-state index contributed by atoms with van der Waals surface area (Å²) in [5.41, 5.74) is 1.06. The molecule has 1 aromatic carbocycles. The van der Waals surface area contributed by atoms with Crippen LogP contribution < -0.4 is 9.47 Å². The molecule has 0 unspecified atom stereocenters. The molecule has 144 valence electrons. The molecule has 0 N–H and O–H groups in total. The number of ether oxygens (including phenoxy) is 2. The molecular weight excluding hydrogens is 342 g/mol. The van der Waals surface area contributed by atoms with Gasteiger partial charge in [0.1, 0.15) is 6.61 Å². The van der Waals surface area contributed by atoms with Gasteiger partial charge in [0, 0.05) is 51.7 Å². The second kappa shape index (κ2) is 8.05. The maximum absolute atomic E-state index is 13.0. The molecule has 2 aromatic rings. The first-order valence-electron chi connectivity index (χ1n) is 9.65. The summed E-state index contributed by atoms with van der Waals surface area (Å²) in [6.45, 7) is 5.92. The van der Waals surface area contributed by atoms with Crippen molar-refractivity contribution in [2.45, 2.75) is 13.0 Å². The number of piperazine rings is 1. The number of carbonyl (C=O) groups is 1. The van der Waals surface area contributed by atoms with Gasteiger partial charge in [-0.2, -0.15) is 0 Å². The van der Waals surface area contributed by atoms with Crippen molar-refractivity contribution in [3.8, 4) is 11.5 Å². The summed E-state index contributed by atoms with van der Waals surface area (Å²) >= 11 is 0. The van der Waals surface area contributed by atoms with Crippen molar-refractivity contribution in [3.63, 3.8) is 0 Å². The third-order valence-electron chi connectivity index (χ3n) is 5.55. The standard InChI is InChI=1S/C21H27N3O3/c1-26-19-6-4-5-17-15-18(16-27-20(17)19)21(25)24-13-11-23(12-14-24)10-9-22-7-2-3-8-22/h2-8,18H,9-16H2,1H3/t18-/m0/s1. The minimum absolute atomic E-state index is 0.101. The molecule has 27 heavy (non-hydrogen) atoms. The number of benzene rings is 1. The molecule has 1 atom stereocenters. The summed E-state index contributed by atoms with van der Waals surface area (Å²) in [6, 6.07) is 9.98. The molecule has 6 heteroatoms. The highest BCUT2D eigenvalue weighted by atomic mass is 16.5. The van der Waals surface area contributed by atoms with Crippen molar-refractivity contribution in [2.75, 3.05) is 46.4 Å². The molecular formula is C21H27N3O3. The monoisotopic (exact) mass is 369 g/mol. The van der Waals surface area contributed by atoms with Gasteiger partial charge in [-0.1, -0.05) is 12.1 Å². The summed E-state index contributed by atoms with van der Waals surface area (Å²) < 4.78 is 13.4. The lowest BCUT2D eigenvalue weighted by atomic mass is 9.95. The van der Waals surface area contributed by atoms with Crippen LogP contribution in [0.4, 0.5) is 0 Å². The zero-order valence-corrected chi connectivity index (χ0v) is 15.8. The molecule has 0 aliphatic carbocycles. The Morgan fingerprint density at radius 2 is 1.89 bits per heavy atom.